The number of sulfonamides is 1. The smallest absolute Gasteiger partial charge is 0.325 e. The second-order valence-corrected chi connectivity index (χ2v) is 9.32. The van der Waals surface area contributed by atoms with Gasteiger partial charge in [-0.25, -0.2) is 12.8 Å². The summed E-state index contributed by atoms with van der Waals surface area (Å²) in [5.41, 5.74) is -3.70. The molecular formula is C23H17F7N2O3S. The Bertz CT molecular complexity index is 1290. The molecule has 0 heterocycles. The molecule has 13 heteroatoms. The first-order valence-electron chi connectivity index (χ1n) is 10.1. The van der Waals surface area contributed by atoms with Gasteiger partial charge in [0, 0.05) is 5.69 Å². The Morgan fingerprint density at radius 1 is 0.806 bits per heavy atom. The zero-order chi connectivity index (χ0) is 26.7. The molecular weight excluding hydrogens is 517 g/mol. The number of carbonyl (C=O) groups is 1. The van der Waals surface area contributed by atoms with Crippen LogP contribution < -0.4 is 10.0 Å². The van der Waals surface area contributed by atoms with Crippen LogP contribution in [0.25, 0.3) is 0 Å². The molecule has 2 N–H and O–H groups in total. The van der Waals surface area contributed by atoms with Crippen molar-refractivity contribution >= 4 is 21.6 Å². The highest BCUT2D eigenvalue weighted by molar-refractivity contribution is 7.89. The first-order chi connectivity index (χ1) is 16.6. The van der Waals surface area contributed by atoms with Crippen molar-refractivity contribution in [3.8, 4) is 0 Å². The van der Waals surface area contributed by atoms with Gasteiger partial charge in [0.1, 0.15) is 11.9 Å². The summed E-state index contributed by atoms with van der Waals surface area (Å²) in [7, 11) is -4.43. The molecule has 0 saturated heterocycles. The summed E-state index contributed by atoms with van der Waals surface area (Å²) in [4.78, 5) is 12.5. The summed E-state index contributed by atoms with van der Waals surface area (Å²) in [6, 6.07) is 10.3. The third-order valence-corrected chi connectivity index (χ3v) is 6.36. The summed E-state index contributed by atoms with van der Waals surface area (Å²) in [6.45, 7) is 0. The topological polar surface area (TPSA) is 75.3 Å². The fraction of sp³-hybridized carbons (Fsp3) is 0.174. The predicted molar refractivity (Wildman–Crippen MR) is 116 cm³/mol. The molecule has 0 aliphatic rings. The van der Waals surface area contributed by atoms with Crippen molar-refractivity contribution in [3.05, 3.63) is 95.3 Å². The number of amides is 1. The minimum Gasteiger partial charge on any atom is -0.325 e. The van der Waals surface area contributed by atoms with Gasteiger partial charge in [-0.2, -0.15) is 31.1 Å². The van der Waals surface area contributed by atoms with Gasteiger partial charge < -0.3 is 5.32 Å². The standard InChI is InChI=1S/C23H17F7N2O3S/c24-17-6-8-19(9-7-17)36(34,35)32-20(10-14-4-2-1-3-5-14)21(33)31-18-12-15(22(25,26)27)11-16(13-18)23(28,29)30/h1-9,11-13,20,32H,10H2,(H,31,33)/t20-/m0/s1. The van der Waals surface area contributed by atoms with E-state index in [-0.39, 0.29) is 12.5 Å². The molecule has 0 spiro atoms. The van der Waals surface area contributed by atoms with Gasteiger partial charge >= 0.3 is 12.4 Å². The van der Waals surface area contributed by atoms with E-state index in [1.54, 1.807) is 30.3 Å². The number of benzene rings is 3. The van der Waals surface area contributed by atoms with Crippen molar-refractivity contribution in [1.29, 1.82) is 0 Å². The van der Waals surface area contributed by atoms with Gasteiger partial charge in [-0.3, -0.25) is 4.79 Å². The van der Waals surface area contributed by atoms with Crippen LogP contribution in [0.4, 0.5) is 36.4 Å². The Kier molecular flexibility index (Phi) is 7.74. The quantitative estimate of drug-likeness (QED) is 0.399. The Morgan fingerprint density at radius 3 is 1.83 bits per heavy atom. The molecule has 0 saturated carbocycles. The Balaban J connectivity index is 1.96. The lowest BCUT2D eigenvalue weighted by Gasteiger charge is -2.20. The first kappa shape index (κ1) is 27.1. The fourth-order valence-corrected chi connectivity index (χ4v) is 4.36. The van der Waals surface area contributed by atoms with Crippen molar-refractivity contribution in [2.75, 3.05) is 5.32 Å². The van der Waals surface area contributed by atoms with Crippen LogP contribution in [0.5, 0.6) is 0 Å². The fourth-order valence-electron chi connectivity index (χ4n) is 3.16. The number of halogens is 7. The molecule has 0 fully saturated rings. The van der Waals surface area contributed by atoms with Gasteiger partial charge in [0.2, 0.25) is 15.9 Å². The largest absolute Gasteiger partial charge is 0.416 e. The molecule has 192 valence electrons. The average Bonchev–Trinajstić information content (AvgIpc) is 2.78. The van der Waals surface area contributed by atoms with Crippen LogP contribution in [-0.4, -0.2) is 20.4 Å². The molecule has 1 atom stereocenters. The van der Waals surface area contributed by atoms with Crippen molar-refractivity contribution in [2.24, 2.45) is 0 Å². The van der Waals surface area contributed by atoms with Gasteiger partial charge in [0.05, 0.1) is 16.0 Å². The second-order valence-electron chi connectivity index (χ2n) is 7.60. The number of alkyl halides is 6. The highest BCUT2D eigenvalue weighted by Crippen LogP contribution is 2.37. The molecule has 3 rings (SSSR count). The first-order valence-corrected chi connectivity index (χ1v) is 11.6. The van der Waals surface area contributed by atoms with E-state index in [2.05, 4.69) is 4.72 Å². The summed E-state index contributed by atoms with van der Waals surface area (Å²) < 4.78 is 120. The maximum absolute atomic E-state index is 13.2. The van der Waals surface area contributed by atoms with E-state index in [4.69, 9.17) is 0 Å². The van der Waals surface area contributed by atoms with Gasteiger partial charge in [-0.15, -0.1) is 0 Å². The molecule has 0 radical (unpaired) electrons. The molecule has 1 amide bonds. The van der Waals surface area contributed by atoms with E-state index in [1.165, 1.54) is 0 Å². The maximum atomic E-state index is 13.2. The molecule has 0 aliphatic carbocycles. The van der Waals surface area contributed by atoms with Crippen LogP contribution in [0.15, 0.2) is 77.7 Å². The normalized spacial score (nSPS) is 13.3. The lowest BCUT2D eigenvalue weighted by atomic mass is 10.1. The molecule has 0 aliphatic heterocycles. The summed E-state index contributed by atoms with van der Waals surface area (Å²) in [5, 5.41) is 1.94. The van der Waals surface area contributed by atoms with Crippen LogP contribution in [0.2, 0.25) is 0 Å². The van der Waals surface area contributed by atoms with Gasteiger partial charge in [0.15, 0.2) is 0 Å². The molecule has 3 aromatic carbocycles. The van der Waals surface area contributed by atoms with Gasteiger partial charge in [0.25, 0.3) is 0 Å². The molecule has 3 aromatic rings. The zero-order valence-electron chi connectivity index (χ0n) is 18.0. The van der Waals surface area contributed by atoms with Crippen LogP contribution in [0, 0.1) is 5.82 Å². The number of hydrogen-bond acceptors (Lipinski definition) is 3. The van der Waals surface area contributed by atoms with E-state index in [0.29, 0.717) is 17.7 Å². The monoisotopic (exact) mass is 534 g/mol. The molecule has 0 bridgehead atoms. The Hall–Kier alpha value is -3.45. The summed E-state index contributed by atoms with van der Waals surface area (Å²) >= 11 is 0. The highest BCUT2D eigenvalue weighted by atomic mass is 32.2. The number of carbonyl (C=O) groups excluding carboxylic acids is 1. The minimum atomic E-state index is -5.14. The Labute approximate surface area is 201 Å². The Morgan fingerprint density at radius 2 is 1.33 bits per heavy atom. The van der Waals surface area contributed by atoms with Crippen molar-refractivity contribution < 1.29 is 43.9 Å². The van der Waals surface area contributed by atoms with Crippen LogP contribution in [0.3, 0.4) is 0 Å². The third-order valence-electron chi connectivity index (χ3n) is 4.88. The van der Waals surface area contributed by atoms with Crippen molar-refractivity contribution in [1.82, 2.24) is 4.72 Å². The van der Waals surface area contributed by atoms with E-state index >= 15 is 0 Å². The lowest BCUT2D eigenvalue weighted by Crippen LogP contribution is -2.45. The molecule has 0 aromatic heterocycles. The minimum absolute atomic E-state index is 0.103. The van der Waals surface area contributed by atoms with Crippen LogP contribution in [0.1, 0.15) is 16.7 Å². The average molecular weight is 534 g/mol. The second kappa shape index (κ2) is 10.3. The van der Waals surface area contributed by atoms with Crippen LogP contribution in [-0.2, 0) is 33.6 Å². The molecule has 36 heavy (non-hydrogen) atoms. The molecule has 0 unspecified atom stereocenters. The number of rotatable bonds is 7. The number of hydrogen-bond donors (Lipinski definition) is 2. The van der Waals surface area contributed by atoms with Crippen molar-refractivity contribution in [3.63, 3.8) is 0 Å². The predicted octanol–water partition coefficient (Wildman–Crippen LogP) is 5.39. The van der Waals surface area contributed by atoms with Gasteiger partial charge in [-0.1, -0.05) is 30.3 Å². The van der Waals surface area contributed by atoms with E-state index in [9.17, 15) is 43.9 Å². The number of nitrogens with one attached hydrogen (secondary N) is 2. The van der Waals surface area contributed by atoms with E-state index < -0.39 is 61.9 Å². The highest BCUT2D eigenvalue weighted by Gasteiger charge is 2.37. The molecule has 5 nitrogen and oxygen atoms in total. The summed E-state index contributed by atoms with van der Waals surface area (Å²) in [5.74, 6) is -1.94. The SMILES string of the molecule is O=C(Nc1cc(C(F)(F)F)cc(C(F)(F)F)c1)[C@H](Cc1ccccc1)NS(=O)(=O)c1ccc(F)cc1. The van der Waals surface area contributed by atoms with E-state index in [1.807, 2.05) is 5.32 Å². The summed E-state index contributed by atoms with van der Waals surface area (Å²) in [6.07, 6.45) is -10.6. The number of anilines is 1. The maximum Gasteiger partial charge on any atom is 0.416 e. The lowest BCUT2D eigenvalue weighted by molar-refractivity contribution is -0.143. The zero-order valence-corrected chi connectivity index (χ0v) is 18.8. The van der Waals surface area contributed by atoms with Crippen LogP contribution >= 0.6 is 0 Å². The van der Waals surface area contributed by atoms with E-state index in [0.717, 1.165) is 24.3 Å². The third kappa shape index (κ3) is 7.04. The van der Waals surface area contributed by atoms with Crippen molar-refractivity contribution in [2.45, 2.75) is 29.7 Å². The van der Waals surface area contributed by atoms with Gasteiger partial charge in [-0.05, 0) is 54.4 Å².